The van der Waals surface area contributed by atoms with Gasteiger partial charge in [0.15, 0.2) is 0 Å². The summed E-state index contributed by atoms with van der Waals surface area (Å²) in [5, 5.41) is 7.30. The van der Waals surface area contributed by atoms with E-state index in [1.54, 1.807) is 49.1 Å². The molecule has 0 saturated heterocycles. The van der Waals surface area contributed by atoms with E-state index in [-0.39, 0.29) is 11.7 Å². The lowest BCUT2D eigenvalue weighted by Gasteiger charge is -2.28. The zero-order valence-electron chi connectivity index (χ0n) is 15.7. The number of carbonyl (C=O) groups excluding carboxylic acids is 1. The summed E-state index contributed by atoms with van der Waals surface area (Å²) in [5.74, 6) is -0.563. The Morgan fingerprint density at radius 3 is 2.41 bits per heavy atom. The highest BCUT2D eigenvalue weighted by Crippen LogP contribution is 2.24. The lowest BCUT2D eigenvalue weighted by atomic mass is 10.0. The number of carbonyl (C=O) groups is 1. The van der Waals surface area contributed by atoms with Gasteiger partial charge >= 0.3 is 0 Å². The second kappa shape index (κ2) is 8.14. The van der Waals surface area contributed by atoms with Gasteiger partial charge in [-0.15, -0.1) is 0 Å². The maximum atomic E-state index is 14.2. The fourth-order valence-corrected chi connectivity index (χ4v) is 3.07. The van der Waals surface area contributed by atoms with Crippen molar-refractivity contribution in [3.63, 3.8) is 0 Å². The van der Waals surface area contributed by atoms with Crippen molar-refractivity contribution >= 4 is 5.91 Å². The smallest absolute Gasteiger partial charge is 0.244 e. The molecule has 0 aliphatic rings. The summed E-state index contributed by atoms with van der Waals surface area (Å²) < 4.78 is 14.2. The summed E-state index contributed by atoms with van der Waals surface area (Å²) in [5.41, 5.74) is 3.01. The Morgan fingerprint density at radius 2 is 1.74 bits per heavy atom. The molecular weight excluding hydrogens is 343 g/mol. The van der Waals surface area contributed by atoms with Crippen LogP contribution >= 0.6 is 0 Å². The van der Waals surface area contributed by atoms with E-state index >= 15 is 0 Å². The third-order valence-electron chi connectivity index (χ3n) is 4.43. The predicted octanol–water partition coefficient (Wildman–Crippen LogP) is 3.48. The lowest BCUT2D eigenvalue weighted by molar-refractivity contribution is -0.135. The summed E-state index contributed by atoms with van der Waals surface area (Å²) in [4.78, 5) is 16.3. The number of nitrogens with one attached hydrogen (secondary N) is 1. The van der Waals surface area contributed by atoms with Gasteiger partial charge in [0.25, 0.3) is 0 Å². The molecule has 1 atom stereocenters. The van der Waals surface area contributed by atoms with Gasteiger partial charge < -0.3 is 4.90 Å². The molecule has 3 rings (SSSR count). The third-order valence-corrected chi connectivity index (χ3v) is 4.43. The van der Waals surface area contributed by atoms with Crippen LogP contribution in [0.25, 0.3) is 11.3 Å². The second-order valence-electron chi connectivity index (χ2n) is 6.73. The zero-order chi connectivity index (χ0) is 19.4. The van der Waals surface area contributed by atoms with Crippen LogP contribution < -0.4 is 0 Å². The van der Waals surface area contributed by atoms with Crippen LogP contribution in [0.4, 0.5) is 4.39 Å². The molecule has 5 nitrogen and oxygen atoms in total. The molecule has 1 N–H and O–H groups in total. The van der Waals surface area contributed by atoms with E-state index < -0.39 is 6.04 Å². The minimum absolute atomic E-state index is 0.180. The van der Waals surface area contributed by atoms with Crippen molar-refractivity contribution in [2.45, 2.75) is 12.6 Å². The monoisotopic (exact) mass is 366 g/mol. The topological polar surface area (TPSA) is 52.2 Å². The van der Waals surface area contributed by atoms with Gasteiger partial charge in [-0.05, 0) is 26.2 Å². The molecule has 2 aromatic carbocycles. The van der Waals surface area contributed by atoms with Crippen LogP contribution in [0.2, 0.25) is 0 Å². The molecule has 0 aliphatic heterocycles. The van der Waals surface area contributed by atoms with Crippen molar-refractivity contribution in [3.8, 4) is 11.3 Å². The number of rotatable bonds is 6. The number of H-pyrrole nitrogens is 1. The van der Waals surface area contributed by atoms with Crippen LogP contribution in [-0.2, 0) is 11.3 Å². The van der Waals surface area contributed by atoms with Crippen LogP contribution in [0.3, 0.4) is 0 Å². The summed E-state index contributed by atoms with van der Waals surface area (Å²) >= 11 is 0. The number of benzene rings is 2. The van der Waals surface area contributed by atoms with E-state index in [1.807, 2.05) is 36.4 Å². The molecule has 1 heterocycles. The van der Waals surface area contributed by atoms with Crippen molar-refractivity contribution in [2.75, 3.05) is 21.1 Å². The molecule has 0 fully saturated rings. The molecule has 3 aromatic rings. The molecule has 0 saturated carbocycles. The molecule has 1 aromatic heterocycles. The quantitative estimate of drug-likeness (QED) is 0.727. The van der Waals surface area contributed by atoms with E-state index in [4.69, 9.17) is 0 Å². The number of amides is 1. The van der Waals surface area contributed by atoms with Gasteiger partial charge in [-0.3, -0.25) is 14.8 Å². The Balaban J connectivity index is 1.77. The van der Waals surface area contributed by atoms with Gasteiger partial charge in [-0.2, -0.15) is 5.10 Å². The molecule has 6 heteroatoms. The van der Waals surface area contributed by atoms with E-state index in [2.05, 4.69) is 10.2 Å². The largest absolute Gasteiger partial charge is 0.338 e. The average molecular weight is 366 g/mol. The maximum absolute atomic E-state index is 14.2. The molecule has 0 aliphatic carbocycles. The first-order chi connectivity index (χ1) is 13.0. The van der Waals surface area contributed by atoms with Crippen molar-refractivity contribution in [1.82, 2.24) is 20.0 Å². The van der Waals surface area contributed by atoms with Gasteiger partial charge in [0, 0.05) is 18.2 Å². The van der Waals surface area contributed by atoms with E-state index in [1.165, 1.54) is 6.07 Å². The first-order valence-electron chi connectivity index (χ1n) is 8.73. The fourth-order valence-electron chi connectivity index (χ4n) is 3.07. The summed E-state index contributed by atoms with van der Waals surface area (Å²) in [6.07, 6.45) is 0. The van der Waals surface area contributed by atoms with Gasteiger partial charge in [0.2, 0.25) is 5.91 Å². The molecule has 1 amide bonds. The van der Waals surface area contributed by atoms with Crippen LogP contribution in [0.15, 0.2) is 60.7 Å². The third kappa shape index (κ3) is 4.23. The van der Waals surface area contributed by atoms with Crippen molar-refractivity contribution in [2.24, 2.45) is 0 Å². The highest BCUT2D eigenvalue weighted by molar-refractivity contribution is 5.83. The normalized spacial score (nSPS) is 12.2. The highest BCUT2D eigenvalue weighted by atomic mass is 19.1. The Labute approximate surface area is 158 Å². The lowest BCUT2D eigenvalue weighted by Crippen LogP contribution is -2.38. The Bertz CT molecular complexity index is 907. The molecule has 140 valence electrons. The number of likely N-dealkylation sites (N-methyl/N-ethyl adjacent to an activating group) is 2. The van der Waals surface area contributed by atoms with Crippen molar-refractivity contribution < 1.29 is 9.18 Å². The minimum atomic E-state index is -0.687. The molecule has 0 radical (unpaired) electrons. The zero-order valence-corrected chi connectivity index (χ0v) is 15.7. The Kier molecular flexibility index (Phi) is 5.66. The molecule has 27 heavy (non-hydrogen) atoms. The van der Waals surface area contributed by atoms with Gasteiger partial charge in [-0.1, -0.05) is 48.5 Å². The molecule has 0 spiro atoms. The first-order valence-corrected chi connectivity index (χ1v) is 8.73. The van der Waals surface area contributed by atoms with Crippen LogP contribution in [0.1, 0.15) is 17.3 Å². The predicted molar refractivity (Wildman–Crippen MR) is 103 cm³/mol. The average Bonchev–Trinajstić information content (AvgIpc) is 3.12. The number of hydrogen-bond donors (Lipinski definition) is 1. The number of halogens is 1. The number of nitrogens with zero attached hydrogens (tertiary/aromatic N) is 3. The summed E-state index contributed by atoms with van der Waals surface area (Å²) in [6, 6.07) is 17.4. The minimum Gasteiger partial charge on any atom is -0.338 e. The van der Waals surface area contributed by atoms with Crippen LogP contribution in [-0.4, -0.2) is 47.0 Å². The maximum Gasteiger partial charge on any atom is 0.244 e. The standard InChI is InChI=1S/C21H23FN4O/c1-25(2)20(17-11-7-8-12-18(17)22)21(27)26(3)14-16-13-19(24-23-16)15-9-5-4-6-10-15/h4-13,20H,14H2,1-3H3,(H,23,24)/t20-/m1/s1. The Hall–Kier alpha value is -2.99. The summed E-state index contributed by atoms with van der Waals surface area (Å²) in [6.45, 7) is 0.359. The number of aromatic nitrogens is 2. The highest BCUT2D eigenvalue weighted by Gasteiger charge is 2.28. The van der Waals surface area contributed by atoms with Gasteiger partial charge in [-0.25, -0.2) is 4.39 Å². The van der Waals surface area contributed by atoms with Crippen molar-refractivity contribution in [3.05, 3.63) is 77.7 Å². The number of aromatic amines is 1. The van der Waals surface area contributed by atoms with Crippen LogP contribution in [0, 0.1) is 5.82 Å². The Morgan fingerprint density at radius 1 is 1.07 bits per heavy atom. The van der Waals surface area contributed by atoms with Gasteiger partial charge in [0.1, 0.15) is 11.9 Å². The van der Waals surface area contributed by atoms with Gasteiger partial charge in [0.05, 0.1) is 17.9 Å². The van der Waals surface area contributed by atoms with E-state index in [9.17, 15) is 9.18 Å². The van der Waals surface area contributed by atoms with Crippen molar-refractivity contribution in [1.29, 1.82) is 0 Å². The number of hydrogen-bond acceptors (Lipinski definition) is 3. The molecule has 0 bridgehead atoms. The van der Waals surface area contributed by atoms with E-state index in [0.29, 0.717) is 12.1 Å². The second-order valence-corrected chi connectivity index (χ2v) is 6.73. The van der Waals surface area contributed by atoms with E-state index in [0.717, 1.165) is 17.0 Å². The van der Waals surface area contributed by atoms with Crippen LogP contribution in [0.5, 0.6) is 0 Å². The first kappa shape index (κ1) is 18.8. The summed E-state index contributed by atoms with van der Waals surface area (Å²) in [7, 11) is 5.25. The molecular formula is C21H23FN4O. The SMILES string of the molecule is CN(Cc1cc(-c2ccccc2)n[nH]1)C(=O)[C@@H](c1ccccc1F)N(C)C. The molecule has 0 unspecified atom stereocenters. The fraction of sp³-hybridized carbons (Fsp3) is 0.238.